The van der Waals surface area contributed by atoms with Crippen LogP contribution in [0.4, 0.5) is 0 Å². The largest absolute Gasteiger partial charge is 0.466 e. The zero-order valence-electron chi connectivity index (χ0n) is 27.0. The van der Waals surface area contributed by atoms with Crippen molar-refractivity contribution in [3.8, 4) is 0 Å². The Bertz CT molecular complexity index is 1490. The maximum atomic E-state index is 14.3. The standard InChI is InChI=1S/C36H46N4O5/c1-6-36(3,37)20-19-33(42)39(4)32(25-28-17-18-29-15-10-11-16-30(29)23-28)35(44)40(5)31(24-27-13-8-7-9-14-27)34(43)38-21-12-22-45-26(2)41/h7-11,13-20,23,31-32H,6,12,21-22,24-25,37H2,1-5H3,(H,38,43)/t31-,32-,36?/m1/s1. The van der Waals surface area contributed by atoms with Crippen molar-refractivity contribution in [3.05, 3.63) is 96.1 Å². The predicted octanol–water partition coefficient (Wildman–Crippen LogP) is 4.03. The number of hydrogen-bond donors (Lipinski definition) is 2. The highest BCUT2D eigenvalue weighted by Gasteiger charge is 2.35. The molecule has 0 heterocycles. The molecule has 0 aliphatic heterocycles. The highest BCUT2D eigenvalue weighted by Crippen LogP contribution is 2.20. The second-order valence-corrected chi connectivity index (χ2v) is 11.7. The highest BCUT2D eigenvalue weighted by molar-refractivity contribution is 5.95. The van der Waals surface area contributed by atoms with Crippen LogP contribution in [0.25, 0.3) is 10.8 Å². The van der Waals surface area contributed by atoms with Gasteiger partial charge in [-0.2, -0.15) is 0 Å². The second-order valence-electron chi connectivity index (χ2n) is 11.7. The Morgan fingerprint density at radius 3 is 2.20 bits per heavy atom. The van der Waals surface area contributed by atoms with E-state index in [1.165, 1.54) is 22.8 Å². The van der Waals surface area contributed by atoms with Crippen molar-refractivity contribution in [1.29, 1.82) is 0 Å². The van der Waals surface area contributed by atoms with E-state index in [1.54, 1.807) is 20.2 Å². The summed E-state index contributed by atoms with van der Waals surface area (Å²) in [4.78, 5) is 55.3. The third-order valence-corrected chi connectivity index (χ3v) is 8.03. The van der Waals surface area contributed by atoms with Gasteiger partial charge in [-0.25, -0.2) is 0 Å². The molecule has 0 saturated carbocycles. The lowest BCUT2D eigenvalue weighted by molar-refractivity contribution is -0.146. The van der Waals surface area contributed by atoms with Gasteiger partial charge in [0.1, 0.15) is 12.1 Å². The number of fused-ring (bicyclic) bond motifs is 1. The van der Waals surface area contributed by atoms with E-state index in [1.807, 2.05) is 86.6 Å². The van der Waals surface area contributed by atoms with Gasteiger partial charge in [0.25, 0.3) is 0 Å². The van der Waals surface area contributed by atoms with Gasteiger partial charge in [-0.3, -0.25) is 19.2 Å². The Labute approximate surface area is 266 Å². The first-order chi connectivity index (χ1) is 21.4. The van der Waals surface area contributed by atoms with Crippen LogP contribution in [0, 0.1) is 0 Å². The van der Waals surface area contributed by atoms with Crippen LogP contribution >= 0.6 is 0 Å². The fourth-order valence-corrected chi connectivity index (χ4v) is 4.88. The molecule has 0 aliphatic rings. The third-order valence-electron chi connectivity index (χ3n) is 8.03. The number of hydrogen-bond acceptors (Lipinski definition) is 6. The number of carbonyl (C=O) groups is 4. The van der Waals surface area contributed by atoms with Gasteiger partial charge in [-0.05, 0) is 41.7 Å². The number of nitrogens with zero attached hydrogens (tertiary/aromatic N) is 2. The summed E-state index contributed by atoms with van der Waals surface area (Å²) in [5, 5.41) is 4.99. The molecule has 0 aromatic heterocycles. The van der Waals surface area contributed by atoms with Gasteiger partial charge < -0.3 is 25.6 Å². The first kappa shape index (κ1) is 35.0. The number of nitrogens with one attached hydrogen (secondary N) is 1. The number of benzene rings is 3. The molecule has 45 heavy (non-hydrogen) atoms. The van der Waals surface area contributed by atoms with Crippen LogP contribution in [-0.2, 0) is 36.8 Å². The minimum atomic E-state index is -0.894. The Hall–Kier alpha value is -4.50. The number of carbonyl (C=O) groups excluding carboxylic acids is 4. The molecule has 0 fully saturated rings. The summed E-state index contributed by atoms with van der Waals surface area (Å²) in [5.41, 5.74) is 7.35. The molecule has 9 nitrogen and oxygen atoms in total. The normalized spacial score (nSPS) is 13.9. The average molecular weight is 615 g/mol. The Morgan fingerprint density at radius 2 is 1.53 bits per heavy atom. The van der Waals surface area contributed by atoms with E-state index in [0.717, 1.165) is 21.9 Å². The molecule has 3 aromatic rings. The van der Waals surface area contributed by atoms with Crippen molar-refractivity contribution >= 4 is 34.5 Å². The Morgan fingerprint density at radius 1 is 0.889 bits per heavy atom. The summed E-state index contributed by atoms with van der Waals surface area (Å²) in [7, 11) is 3.20. The summed E-state index contributed by atoms with van der Waals surface area (Å²) in [6.07, 6.45) is 4.68. The van der Waals surface area contributed by atoms with Gasteiger partial charge in [0.2, 0.25) is 17.7 Å². The smallest absolute Gasteiger partial charge is 0.302 e. The van der Waals surface area contributed by atoms with E-state index >= 15 is 0 Å². The van der Waals surface area contributed by atoms with E-state index in [-0.39, 0.29) is 49.7 Å². The van der Waals surface area contributed by atoms with Gasteiger partial charge in [0.05, 0.1) is 6.61 Å². The molecule has 0 spiro atoms. The maximum Gasteiger partial charge on any atom is 0.302 e. The molecule has 3 rings (SSSR count). The molecule has 3 atom stereocenters. The molecule has 240 valence electrons. The second kappa shape index (κ2) is 16.5. The molecule has 0 aliphatic carbocycles. The SMILES string of the molecule is CCC(C)(N)C=CC(=O)N(C)[C@H](Cc1ccc2ccccc2c1)C(=O)N(C)[C@H](Cc1ccccc1)C(=O)NCCCOC(C)=O. The molecule has 0 bridgehead atoms. The summed E-state index contributed by atoms with van der Waals surface area (Å²) in [6, 6.07) is 21.7. The molecule has 0 radical (unpaired) electrons. The fourth-order valence-electron chi connectivity index (χ4n) is 4.88. The average Bonchev–Trinajstić information content (AvgIpc) is 3.04. The maximum absolute atomic E-state index is 14.3. The van der Waals surface area contributed by atoms with Gasteiger partial charge >= 0.3 is 5.97 Å². The lowest BCUT2D eigenvalue weighted by atomic mass is 9.98. The van der Waals surface area contributed by atoms with Crippen molar-refractivity contribution in [3.63, 3.8) is 0 Å². The molecule has 3 N–H and O–H groups in total. The van der Waals surface area contributed by atoms with Crippen LogP contribution in [0.2, 0.25) is 0 Å². The first-order valence-corrected chi connectivity index (χ1v) is 15.4. The molecule has 1 unspecified atom stereocenters. The van der Waals surface area contributed by atoms with E-state index < -0.39 is 17.6 Å². The minimum absolute atomic E-state index is 0.182. The quantitative estimate of drug-likeness (QED) is 0.151. The number of nitrogens with two attached hydrogens (primary N) is 1. The topological polar surface area (TPSA) is 122 Å². The van der Waals surface area contributed by atoms with Gasteiger partial charge in [-0.15, -0.1) is 0 Å². The summed E-state index contributed by atoms with van der Waals surface area (Å²) < 4.78 is 4.97. The van der Waals surface area contributed by atoms with Crippen LogP contribution in [0.1, 0.15) is 44.7 Å². The van der Waals surface area contributed by atoms with Crippen LogP contribution in [-0.4, -0.2) is 78.4 Å². The number of esters is 1. The lowest BCUT2D eigenvalue weighted by Gasteiger charge is -2.34. The van der Waals surface area contributed by atoms with E-state index in [4.69, 9.17) is 10.5 Å². The summed E-state index contributed by atoms with van der Waals surface area (Å²) >= 11 is 0. The van der Waals surface area contributed by atoms with Crippen molar-refractivity contribution in [2.75, 3.05) is 27.2 Å². The van der Waals surface area contributed by atoms with E-state index in [9.17, 15) is 19.2 Å². The van der Waals surface area contributed by atoms with Crippen LogP contribution in [0.3, 0.4) is 0 Å². The predicted molar refractivity (Wildman–Crippen MR) is 177 cm³/mol. The zero-order chi connectivity index (χ0) is 33.0. The van der Waals surface area contributed by atoms with E-state index in [0.29, 0.717) is 12.8 Å². The van der Waals surface area contributed by atoms with Crippen molar-refractivity contribution in [2.24, 2.45) is 5.73 Å². The van der Waals surface area contributed by atoms with Crippen LogP contribution in [0.15, 0.2) is 84.9 Å². The van der Waals surface area contributed by atoms with Crippen molar-refractivity contribution in [1.82, 2.24) is 15.1 Å². The van der Waals surface area contributed by atoms with Crippen molar-refractivity contribution in [2.45, 2.75) is 64.1 Å². The van der Waals surface area contributed by atoms with E-state index in [2.05, 4.69) is 5.32 Å². The van der Waals surface area contributed by atoms with Gasteiger partial charge in [0.15, 0.2) is 0 Å². The molecular weight excluding hydrogens is 568 g/mol. The Kier molecular flexibility index (Phi) is 12.9. The Balaban J connectivity index is 1.92. The third kappa shape index (κ3) is 10.6. The number of amides is 3. The lowest BCUT2D eigenvalue weighted by Crippen LogP contribution is -2.56. The minimum Gasteiger partial charge on any atom is -0.466 e. The van der Waals surface area contributed by atoms with Gasteiger partial charge in [0, 0.05) is 52.0 Å². The number of rotatable bonds is 15. The van der Waals surface area contributed by atoms with Crippen LogP contribution < -0.4 is 11.1 Å². The van der Waals surface area contributed by atoms with Gasteiger partial charge in [-0.1, -0.05) is 85.8 Å². The highest BCUT2D eigenvalue weighted by atomic mass is 16.5. The fraction of sp³-hybridized carbons (Fsp3) is 0.389. The number of ether oxygens (including phenoxy) is 1. The zero-order valence-corrected chi connectivity index (χ0v) is 27.0. The molecular formula is C36H46N4O5. The van der Waals surface area contributed by atoms with Crippen molar-refractivity contribution < 1.29 is 23.9 Å². The molecule has 3 aromatic carbocycles. The molecule has 9 heteroatoms. The first-order valence-electron chi connectivity index (χ1n) is 15.4. The monoisotopic (exact) mass is 614 g/mol. The summed E-state index contributed by atoms with van der Waals surface area (Å²) in [6.45, 7) is 5.56. The molecule has 0 saturated heterocycles. The van der Waals surface area contributed by atoms with Crippen LogP contribution in [0.5, 0.6) is 0 Å². The molecule has 3 amide bonds. The summed E-state index contributed by atoms with van der Waals surface area (Å²) in [5.74, 6) is -1.44. The number of likely N-dealkylation sites (N-methyl/N-ethyl adjacent to an activating group) is 2.